The zero-order chi connectivity index (χ0) is 35.8. The van der Waals surface area contributed by atoms with Gasteiger partial charge in [-0.3, -0.25) is 14.6 Å². The van der Waals surface area contributed by atoms with Crippen LogP contribution in [0.25, 0.3) is 0 Å². The molecule has 0 aromatic carbocycles. The third-order valence-corrected chi connectivity index (χ3v) is 8.41. The molecule has 3 aliphatic heterocycles. The molecule has 3 aliphatic rings. The van der Waals surface area contributed by atoms with E-state index >= 15 is 0 Å². The van der Waals surface area contributed by atoms with Crippen molar-refractivity contribution in [2.45, 2.75) is 126 Å². The third-order valence-electron chi connectivity index (χ3n) is 8.41. The number of aliphatic hydroxyl groups is 8. The Morgan fingerprint density at radius 3 is 2.12 bits per heavy atom. The van der Waals surface area contributed by atoms with Crippen LogP contribution in [-0.2, 0) is 44.7 Å². The maximum Gasteiger partial charge on any atom is 0.217 e. The first-order chi connectivity index (χ1) is 23.4. The quantitative estimate of drug-likeness (QED) is 0.0607. The molecule has 49 heavy (non-hydrogen) atoms. The second-order valence-electron chi connectivity index (χ2n) is 12.3. The van der Waals surface area contributed by atoms with Crippen LogP contribution >= 0.6 is 0 Å². The van der Waals surface area contributed by atoms with E-state index in [1.54, 1.807) is 12.4 Å². The monoisotopic (exact) mass is 707 g/mol. The number of rotatable bonds is 15. The van der Waals surface area contributed by atoms with Gasteiger partial charge in [-0.25, -0.2) is 5.48 Å². The lowest BCUT2D eigenvalue weighted by Gasteiger charge is -2.50. The number of pyridine rings is 1. The minimum Gasteiger partial charge on any atom is -0.394 e. The predicted octanol–water partition coefficient (Wildman–Crippen LogP) is -4.56. The molecule has 0 saturated carbocycles. The van der Waals surface area contributed by atoms with Crippen LogP contribution in [0, 0.1) is 6.92 Å². The molecule has 15 atom stereocenters. The van der Waals surface area contributed by atoms with E-state index in [-0.39, 0.29) is 13.2 Å². The Morgan fingerprint density at radius 2 is 1.47 bits per heavy atom. The number of nitrogens with one attached hydrogen (secondary N) is 2. The second kappa shape index (κ2) is 18.5. The predicted molar refractivity (Wildman–Crippen MR) is 162 cm³/mol. The van der Waals surface area contributed by atoms with Crippen molar-refractivity contribution < 1.29 is 78.9 Å². The van der Waals surface area contributed by atoms with Gasteiger partial charge in [0.25, 0.3) is 0 Å². The van der Waals surface area contributed by atoms with Gasteiger partial charge in [-0.2, -0.15) is 0 Å². The van der Waals surface area contributed by atoms with E-state index in [4.69, 9.17) is 33.3 Å². The molecule has 6 unspecified atom stereocenters. The first-order valence-electron chi connectivity index (χ1n) is 16.1. The molecule has 0 radical (unpaired) electrons. The van der Waals surface area contributed by atoms with Crippen molar-refractivity contribution in [3.05, 3.63) is 29.6 Å². The van der Waals surface area contributed by atoms with Gasteiger partial charge in [0.05, 0.1) is 32.5 Å². The number of hydrogen-bond donors (Lipinski definition) is 10. The maximum atomic E-state index is 12.4. The number of aliphatic hydroxyl groups excluding tert-OH is 8. The van der Waals surface area contributed by atoms with Gasteiger partial charge < -0.3 is 74.6 Å². The summed E-state index contributed by atoms with van der Waals surface area (Å²) in [6.45, 7) is 3.75. The Kier molecular flexibility index (Phi) is 15.0. The minimum absolute atomic E-state index is 0.0472. The number of hydroxylamine groups is 1. The molecular formula is C30H49N3O16. The van der Waals surface area contributed by atoms with Gasteiger partial charge in [0.15, 0.2) is 18.9 Å². The molecule has 1 aromatic rings. The summed E-state index contributed by atoms with van der Waals surface area (Å²) in [4.78, 5) is 22.0. The van der Waals surface area contributed by atoms with Crippen molar-refractivity contribution in [1.82, 2.24) is 15.8 Å². The lowest BCUT2D eigenvalue weighted by atomic mass is 9.94. The zero-order valence-corrected chi connectivity index (χ0v) is 27.4. The van der Waals surface area contributed by atoms with Crippen LogP contribution in [0.1, 0.15) is 31.4 Å². The Balaban J connectivity index is 1.51. The fourth-order valence-corrected chi connectivity index (χ4v) is 5.77. The summed E-state index contributed by atoms with van der Waals surface area (Å²) in [5.41, 5.74) is 4.69. The van der Waals surface area contributed by atoms with Crippen molar-refractivity contribution >= 4 is 5.91 Å². The first-order valence-corrected chi connectivity index (χ1v) is 16.1. The molecule has 19 heteroatoms. The van der Waals surface area contributed by atoms with Gasteiger partial charge in [0.2, 0.25) is 5.91 Å². The summed E-state index contributed by atoms with van der Waals surface area (Å²) < 4.78 is 35.2. The van der Waals surface area contributed by atoms with Gasteiger partial charge in [0, 0.05) is 25.9 Å². The van der Waals surface area contributed by atoms with Gasteiger partial charge in [-0.15, -0.1) is 0 Å². The van der Waals surface area contributed by atoms with E-state index in [2.05, 4.69) is 15.8 Å². The smallest absolute Gasteiger partial charge is 0.217 e. The van der Waals surface area contributed by atoms with Crippen LogP contribution in [0.15, 0.2) is 18.5 Å². The number of nitrogens with zero attached hydrogens (tertiary/aromatic N) is 1. The van der Waals surface area contributed by atoms with Gasteiger partial charge >= 0.3 is 0 Å². The summed E-state index contributed by atoms with van der Waals surface area (Å²) in [5.74, 6) is -0.576. The van der Waals surface area contributed by atoms with Crippen LogP contribution < -0.4 is 10.8 Å². The van der Waals surface area contributed by atoms with Gasteiger partial charge in [0.1, 0.15) is 67.1 Å². The third kappa shape index (κ3) is 10.1. The molecule has 3 fully saturated rings. The average Bonchev–Trinajstić information content (AvgIpc) is 3.07. The Bertz CT molecular complexity index is 1170. The van der Waals surface area contributed by atoms with Crippen LogP contribution in [0.2, 0.25) is 0 Å². The summed E-state index contributed by atoms with van der Waals surface area (Å²) >= 11 is 0. The molecule has 280 valence electrons. The molecule has 1 amide bonds. The largest absolute Gasteiger partial charge is 0.394 e. The van der Waals surface area contributed by atoms with E-state index in [9.17, 15) is 45.6 Å². The zero-order valence-electron chi connectivity index (χ0n) is 27.4. The molecule has 0 aliphatic carbocycles. The summed E-state index contributed by atoms with van der Waals surface area (Å²) in [5, 5.41) is 85.4. The van der Waals surface area contributed by atoms with Crippen LogP contribution in [0.3, 0.4) is 0 Å². The molecule has 4 heterocycles. The molecule has 19 nitrogen and oxygen atoms in total. The Morgan fingerprint density at radius 1 is 0.837 bits per heavy atom. The highest BCUT2D eigenvalue weighted by Gasteiger charge is 2.54. The number of carbonyl (C=O) groups excluding carboxylic acids is 1. The van der Waals surface area contributed by atoms with Crippen molar-refractivity contribution in [2.24, 2.45) is 0 Å². The standard InChI is InChI=1S/C30H49N3O16/c1-13-7-16(9-31-8-13)12-44-32-5-4-6-43-28-19(33-15(3)36)27(49-30-25(42)23(40)21(38)17(10-34)46-30)26(18(11-35)47-28)48-29-24(41)22(39)20(37)14(2)45-29/h7-9,14,17-30,32,34-35,37-42H,4-6,10-12H2,1-3H3,(H,33,36)/t14?,17?,18?,19?,20-,21+,22+,23-,24?,25?,26-,27+,28-,29+,30+/m1/s1. The molecule has 0 spiro atoms. The van der Waals surface area contributed by atoms with Gasteiger partial charge in [-0.1, -0.05) is 6.07 Å². The van der Waals surface area contributed by atoms with E-state index in [0.717, 1.165) is 11.1 Å². The average molecular weight is 708 g/mol. The van der Waals surface area contributed by atoms with Crippen LogP contribution in [0.5, 0.6) is 0 Å². The molecule has 1 aromatic heterocycles. The second-order valence-corrected chi connectivity index (χ2v) is 12.3. The van der Waals surface area contributed by atoms with E-state index in [1.807, 2.05) is 13.0 Å². The Hall–Kier alpha value is -2.02. The molecule has 4 rings (SSSR count). The fraction of sp³-hybridized carbons (Fsp3) is 0.800. The molecular weight excluding hydrogens is 658 g/mol. The number of aromatic nitrogens is 1. The highest BCUT2D eigenvalue weighted by atomic mass is 16.8. The normalized spacial score (nSPS) is 39.9. The van der Waals surface area contributed by atoms with Crippen LogP contribution in [0.4, 0.5) is 0 Å². The first kappa shape index (κ1) is 39.8. The summed E-state index contributed by atoms with van der Waals surface area (Å²) in [7, 11) is 0. The van der Waals surface area contributed by atoms with Crippen molar-refractivity contribution in [3.8, 4) is 0 Å². The minimum atomic E-state index is -1.86. The highest BCUT2D eigenvalue weighted by molar-refractivity contribution is 5.73. The number of aryl methyl sites for hydroxylation is 1. The molecule has 3 saturated heterocycles. The summed E-state index contributed by atoms with van der Waals surface area (Å²) in [6, 6.07) is 0.675. The van der Waals surface area contributed by atoms with E-state index in [1.165, 1.54) is 13.8 Å². The van der Waals surface area contributed by atoms with Crippen molar-refractivity contribution in [3.63, 3.8) is 0 Å². The van der Waals surface area contributed by atoms with Crippen molar-refractivity contribution in [2.75, 3.05) is 26.4 Å². The number of hydrogen-bond acceptors (Lipinski definition) is 18. The fourth-order valence-electron chi connectivity index (χ4n) is 5.77. The van der Waals surface area contributed by atoms with E-state index in [0.29, 0.717) is 13.0 Å². The maximum absolute atomic E-state index is 12.4. The number of ether oxygens (including phenoxy) is 6. The topological polar surface area (TPSA) is 280 Å². The van der Waals surface area contributed by atoms with Crippen LogP contribution in [-0.4, -0.2) is 170 Å². The molecule has 0 bridgehead atoms. The number of carbonyl (C=O) groups is 1. The molecule has 10 N–H and O–H groups in total. The Labute approximate surface area is 282 Å². The lowest BCUT2D eigenvalue weighted by molar-refractivity contribution is -0.373. The SMILES string of the molecule is CC(=O)NC1[C@H](OCCCNOCc2cncc(C)c2)OC(CO)[C@@H](O[C@@H]2OC(C)[C@@H](O)[C@H](O)C2O)[C@H]1O[C@@H]1OC(CO)[C@H](O)[C@@H](O)C1O. The van der Waals surface area contributed by atoms with E-state index < -0.39 is 111 Å². The van der Waals surface area contributed by atoms with Gasteiger partial charge in [-0.05, 0) is 31.4 Å². The number of amides is 1. The highest BCUT2D eigenvalue weighted by Crippen LogP contribution is 2.33. The lowest BCUT2D eigenvalue weighted by Crippen LogP contribution is -2.69. The van der Waals surface area contributed by atoms with Crippen molar-refractivity contribution in [1.29, 1.82) is 0 Å². The summed E-state index contributed by atoms with van der Waals surface area (Å²) in [6.07, 6.45) is -17.7.